The molecule has 0 atom stereocenters. The molecular formula is C15H23N. The van der Waals surface area contributed by atoms with Crippen LogP contribution in [0.5, 0.6) is 0 Å². The van der Waals surface area contributed by atoms with E-state index in [-0.39, 0.29) is 0 Å². The fourth-order valence-electron chi connectivity index (χ4n) is 3.31. The Hall–Kier alpha value is -0.980. The van der Waals surface area contributed by atoms with Gasteiger partial charge in [-0.25, -0.2) is 0 Å². The lowest BCUT2D eigenvalue weighted by Crippen LogP contribution is -2.14. The summed E-state index contributed by atoms with van der Waals surface area (Å²) in [5, 5.41) is 0. The molecule has 0 amide bonds. The Bertz CT molecular complexity index is 427. The summed E-state index contributed by atoms with van der Waals surface area (Å²) in [6.45, 7) is 12.7. The quantitative estimate of drug-likeness (QED) is 0.693. The second kappa shape index (κ2) is 3.80. The highest BCUT2D eigenvalue weighted by atomic mass is 15.1. The largest absolute Gasteiger partial charge is 0.374 e. The zero-order valence-corrected chi connectivity index (χ0v) is 11.4. The molecule has 1 aromatic carbocycles. The summed E-state index contributed by atoms with van der Waals surface area (Å²) < 4.78 is 0. The van der Waals surface area contributed by atoms with Crippen LogP contribution in [0.15, 0.2) is 0 Å². The van der Waals surface area contributed by atoms with Crippen molar-refractivity contribution in [3.05, 3.63) is 27.8 Å². The lowest BCUT2D eigenvalue weighted by molar-refractivity contribution is 0.839. The predicted octanol–water partition coefficient (Wildman–Crippen LogP) is 3.73. The van der Waals surface area contributed by atoms with Gasteiger partial charge in [0, 0.05) is 19.3 Å². The number of likely N-dealkylation sites (N-methyl/N-ethyl adjacent to an activating group) is 1. The summed E-state index contributed by atoms with van der Waals surface area (Å²) >= 11 is 0. The molecule has 16 heavy (non-hydrogen) atoms. The van der Waals surface area contributed by atoms with Crippen LogP contribution in [0, 0.1) is 20.8 Å². The molecule has 1 aliphatic rings. The first-order chi connectivity index (χ1) is 7.45. The SMILES string of the molecule is Cc1c(C)c2c(c(C)c1C(C)C)CCN2C. The van der Waals surface area contributed by atoms with Gasteiger partial charge in [-0.2, -0.15) is 0 Å². The number of rotatable bonds is 1. The van der Waals surface area contributed by atoms with Gasteiger partial charge in [0.2, 0.25) is 0 Å². The van der Waals surface area contributed by atoms with Gasteiger partial charge in [-0.1, -0.05) is 13.8 Å². The first-order valence-corrected chi connectivity index (χ1v) is 6.28. The summed E-state index contributed by atoms with van der Waals surface area (Å²) in [5.41, 5.74) is 9.20. The minimum atomic E-state index is 0.634. The predicted molar refractivity (Wildman–Crippen MR) is 71.7 cm³/mol. The maximum atomic E-state index is 2.41. The van der Waals surface area contributed by atoms with Crippen molar-refractivity contribution >= 4 is 5.69 Å². The normalized spacial score (nSPS) is 14.8. The fourth-order valence-corrected chi connectivity index (χ4v) is 3.31. The molecule has 88 valence electrons. The highest BCUT2D eigenvalue weighted by Crippen LogP contribution is 2.39. The van der Waals surface area contributed by atoms with Crippen molar-refractivity contribution in [2.24, 2.45) is 0 Å². The van der Waals surface area contributed by atoms with E-state index in [1.807, 2.05) is 0 Å². The smallest absolute Gasteiger partial charge is 0.0432 e. The Morgan fingerprint density at radius 3 is 2.19 bits per heavy atom. The van der Waals surface area contributed by atoms with Crippen LogP contribution in [0.2, 0.25) is 0 Å². The molecule has 1 nitrogen and oxygen atoms in total. The van der Waals surface area contributed by atoms with Crippen LogP contribution in [0.3, 0.4) is 0 Å². The van der Waals surface area contributed by atoms with Crippen LogP contribution < -0.4 is 4.90 Å². The van der Waals surface area contributed by atoms with E-state index < -0.39 is 0 Å². The van der Waals surface area contributed by atoms with Gasteiger partial charge in [0.15, 0.2) is 0 Å². The summed E-state index contributed by atoms with van der Waals surface area (Å²) in [7, 11) is 2.22. The van der Waals surface area contributed by atoms with E-state index in [1.165, 1.54) is 35.3 Å². The van der Waals surface area contributed by atoms with Crippen molar-refractivity contribution < 1.29 is 0 Å². The zero-order chi connectivity index (χ0) is 12.0. The minimum Gasteiger partial charge on any atom is -0.374 e. The number of anilines is 1. The van der Waals surface area contributed by atoms with Crippen molar-refractivity contribution in [2.75, 3.05) is 18.5 Å². The molecule has 0 unspecified atom stereocenters. The van der Waals surface area contributed by atoms with Crippen molar-refractivity contribution in [1.82, 2.24) is 0 Å². The van der Waals surface area contributed by atoms with Crippen LogP contribution in [0.25, 0.3) is 0 Å². The van der Waals surface area contributed by atoms with Crippen LogP contribution in [0.4, 0.5) is 5.69 Å². The molecule has 0 saturated carbocycles. The van der Waals surface area contributed by atoms with E-state index >= 15 is 0 Å². The molecule has 0 radical (unpaired) electrons. The minimum absolute atomic E-state index is 0.634. The van der Waals surface area contributed by atoms with Crippen molar-refractivity contribution in [3.63, 3.8) is 0 Å². The summed E-state index contributed by atoms with van der Waals surface area (Å²) in [6.07, 6.45) is 1.22. The van der Waals surface area contributed by atoms with Crippen molar-refractivity contribution in [2.45, 2.75) is 47.0 Å². The highest BCUT2D eigenvalue weighted by Gasteiger charge is 2.24. The van der Waals surface area contributed by atoms with Gasteiger partial charge < -0.3 is 4.90 Å². The molecule has 0 aliphatic carbocycles. The molecule has 0 fully saturated rings. The molecular weight excluding hydrogens is 194 g/mol. The third-order valence-electron chi connectivity index (χ3n) is 4.12. The lowest BCUT2D eigenvalue weighted by Gasteiger charge is -2.23. The highest BCUT2D eigenvalue weighted by molar-refractivity contribution is 5.69. The average Bonchev–Trinajstić information content (AvgIpc) is 2.57. The Morgan fingerprint density at radius 2 is 1.62 bits per heavy atom. The van der Waals surface area contributed by atoms with Gasteiger partial charge in [0.1, 0.15) is 0 Å². The van der Waals surface area contributed by atoms with Crippen molar-refractivity contribution in [1.29, 1.82) is 0 Å². The first-order valence-electron chi connectivity index (χ1n) is 6.28. The van der Waals surface area contributed by atoms with Gasteiger partial charge in [-0.3, -0.25) is 0 Å². The molecule has 2 rings (SSSR count). The van der Waals surface area contributed by atoms with Crippen LogP contribution in [-0.4, -0.2) is 13.6 Å². The number of hydrogen-bond donors (Lipinski definition) is 0. The van der Waals surface area contributed by atoms with Gasteiger partial charge >= 0.3 is 0 Å². The Kier molecular flexibility index (Phi) is 2.73. The molecule has 0 spiro atoms. The molecule has 1 heterocycles. The number of hydrogen-bond acceptors (Lipinski definition) is 1. The molecule has 0 aromatic heterocycles. The van der Waals surface area contributed by atoms with Crippen molar-refractivity contribution in [3.8, 4) is 0 Å². The fraction of sp³-hybridized carbons (Fsp3) is 0.600. The summed E-state index contributed by atoms with van der Waals surface area (Å²) in [4.78, 5) is 2.41. The van der Waals surface area contributed by atoms with E-state index in [1.54, 1.807) is 11.1 Å². The Balaban J connectivity index is 2.75. The third kappa shape index (κ3) is 1.45. The number of benzene rings is 1. The van der Waals surface area contributed by atoms with Gasteiger partial charge in [0.25, 0.3) is 0 Å². The van der Waals surface area contributed by atoms with E-state index in [4.69, 9.17) is 0 Å². The lowest BCUT2D eigenvalue weighted by atomic mass is 9.86. The molecule has 1 heteroatoms. The molecule has 0 N–H and O–H groups in total. The zero-order valence-electron chi connectivity index (χ0n) is 11.4. The average molecular weight is 217 g/mol. The molecule has 1 aliphatic heterocycles. The van der Waals surface area contributed by atoms with Crippen LogP contribution >= 0.6 is 0 Å². The topological polar surface area (TPSA) is 3.24 Å². The standard InChI is InChI=1S/C15H23N/c1-9(2)14-10(3)11(4)15-13(12(14)5)7-8-16(15)6/h9H,7-8H2,1-6H3. The van der Waals surface area contributed by atoms with E-state index in [9.17, 15) is 0 Å². The van der Waals surface area contributed by atoms with Crippen LogP contribution in [0.1, 0.15) is 47.6 Å². The second-order valence-electron chi connectivity index (χ2n) is 5.44. The molecule has 0 saturated heterocycles. The number of fused-ring (bicyclic) bond motifs is 1. The van der Waals surface area contributed by atoms with Gasteiger partial charge in [-0.05, 0) is 60.9 Å². The summed E-state index contributed by atoms with van der Waals surface area (Å²) in [6, 6.07) is 0. The van der Waals surface area contributed by atoms with Gasteiger partial charge in [-0.15, -0.1) is 0 Å². The Morgan fingerprint density at radius 1 is 1.00 bits per heavy atom. The van der Waals surface area contributed by atoms with E-state index in [0.717, 1.165) is 0 Å². The Labute approximate surface area is 99.5 Å². The van der Waals surface area contributed by atoms with E-state index in [0.29, 0.717) is 5.92 Å². The van der Waals surface area contributed by atoms with Gasteiger partial charge in [0.05, 0.1) is 0 Å². The monoisotopic (exact) mass is 217 g/mol. The van der Waals surface area contributed by atoms with E-state index in [2.05, 4.69) is 46.6 Å². The second-order valence-corrected chi connectivity index (χ2v) is 5.44. The van der Waals surface area contributed by atoms with Crippen LogP contribution in [-0.2, 0) is 6.42 Å². The third-order valence-corrected chi connectivity index (χ3v) is 4.12. The number of nitrogens with zero attached hydrogens (tertiary/aromatic N) is 1. The molecule has 1 aromatic rings. The molecule has 0 bridgehead atoms. The maximum absolute atomic E-state index is 2.41. The first kappa shape index (κ1) is 11.5. The summed E-state index contributed by atoms with van der Waals surface area (Å²) in [5.74, 6) is 0.634. The maximum Gasteiger partial charge on any atom is 0.0432 e.